The fourth-order valence-electron chi connectivity index (χ4n) is 2.21. The third-order valence-electron chi connectivity index (χ3n) is 3.04. The number of aromatic nitrogens is 2. The van der Waals surface area contributed by atoms with Crippen LogP contribution in [-0.2, 0) is 6.54 Å². The average molecular weight is 230 g/mol. The zero-order valence-corrected chi connectivity index (χ0v) is 9.92. The summed E-state index contributed by atoms with van der Waals surface area (Å²) >= 11 is 0. The van der Waals surface area contributed by atoms with Gasteiger partial charge in [0.2, 0.25) is 5.95 Å². The van der Waals surface area contributed by atoms with Crippen molar-refractivity contribution in [2.75, 3.05) is 25.5 Å². The van der Waals surface area contributed by atoms with Gasteiger partial charge >= 0.3 is 6.03 Å². The first kappa shape index (κ1) is 10.1. The van der Waals surface area contributed by atoms with E-state index in [1.54, 1.807) is 23.9 Å². The standard InChI is InChI=1S/C12H14N4O/c1-14(2)12(17)16-8-7-15-10-6-4-3-5-9(10)13-11(15)16/h3-6H,7-8H2,1-2H3. The van der Waals surface area contributed by atoms with Gasteiger partial charge in [-0.1, -0.05) is 12.1 Å². The summed E-state index contributed by atoms with van der Waals surface area (Å²) in [6.07, 6.45) is 0. The zero-order valence-electron chi connectivity index (χ0n) is 9.92. The molecule has 1 aromatic heterocycles. The van der Waals surface area contributed by atoms with Gasteiger partial charge in [0, 0.05) is 27.2 Å². The summed E-state index contributed by atoms with van der Waals surface area (Å²) < 4.78 is 2.09. The average Bonchev–Trinajstić information content (AvgIpc) is 2.86. The first-order valence-corrected chi connectivity index (χ1v) is 5.62. The number of hydrogen-bond donors (Lipinski definition) is 0. The lowest BCUT2D eigenvalue weighted by Crippen LogP contribution is -2.38. The van der Waals surface area contributed by atoms with Crippen LogP contribution in [0.25, 0.3) is 11.0 Å². The minimum Gasteiger partial charge on any atom is -0.330 e. The van der Waals surface area contributed by atoms with E-state index in [2.05, 4.69) is 9.55 Å². The van der Waals surface area contributed by atoms with E-state index in [0.717, 1.165) is 23.5 Å². The fraction of sp³-hybridized carbons (Fsp3) is 0.333. The molecular formula is C12H14N4O. The Balaban J connectivity index is 2.11. The third kappa shape index (κ3) is 1.39. The molecule has 0 spiro atoms. The number of fused-ring (bicyclic) bond motifs is 3. The third-order valence-corrected chi connectivity index (χ3v) is 3.04. The van der Waals surface area contributed by atoms with Crippen molar-refractivity contribution < 1.29 is 4.79 Å². The van der Waals surface area contributed by atoms with Crippen LogP contribution in [0, 0.1) is 0 Å². The molecule has 1 aliphatic rings. The number of benzene rings is 1. The molecule has 88 valence electrons. The van der Waals surface area contributed by atoms with Gasteiger partial charge in [-0.2, -0.15) is 0 Å². The summed E-state index contributed by atoms with van der Waals surface area (Å²) in [6, 6.07) is 7.95. The molecule has 0 N–H and O–H groups in total. The predicted molar refractivity (Wildman–Crippen MR) is 66.2 cm³/mol. The van der Waals surface area contributed by atoms with Crippen LogP contribution in [0.2, 0.25) is 0 Å². The van der Waals surface area contributed by atoms with Crippen LogP contribution in [0.5, 0.6) is 0 Å². The molecule has 0 aliphatic carbocycles. The molecule has 0 saturated carbocycles. The number of carbonyl (C=O) groups excluding carboxylic acids is 1. The van der Waals surface area contributed by atoms with Gasteiger partial charge in [0.1, 0.15) is 0 Å². The van der Waals surface area contributed by atoms with Gasteiger partial charge in [0.05, 0.1) is 11.0 Å². The highest BCUT2D eigenvalue weighted by atomic mass is 16.2. The normalized spacial score (nSPS) is 14.1. The maximum absolute atomic E-state index is 12.0. The van der Waals surface area contributed by atoms with Crippen molar-refractivity contribution in [2.24, 2.45) is 0 Å². The number of amides is 2. The molecule has 0 fully saturated rings. The highest BCUT2D eigenvalue weighted by Gasteiger charge is 2.28. The van der Waals surface area contributed by atoms with Crippen molar-refractivity contribution in [3.63, 3.8) is 0 Å². The van der Waals surface area contributed by atoms with Crippen molar-refractivity contribution in [1.29, 1.82) is 0 Å². The molecule has 0 radical (unpaired) electrons. The summed E-state index contributed by atoms with van der Waals surface area (Å²) in [5.74, 6) is 0.755. The van der Waals surface area contributed by atoms with Crippen LogP contribution in [0.4, 0.5) is 10.7 Å². The fourth-order valence-corrected chi connectivity index (χ4v) is 2.21. The van der Waals surface area contributed by atoms with E-state index >= 15 is 0 Å². The molecule has 0 unspecified atom stereocenters. The Morgan fingerprint density at radius 1 is 1.29 bits per heavy atom. The quantitative estimate of drug-likeness (QED) is 0.688. The van der Waals surface area contributed by atoms with Gasteiger partial charge in [0.15, 0.2) is 0 Å². The van der Waals surface area contributed by atoms with Crippen molar-refractivity contribution >= 4 is 23.0 Å². The molecular weight excluding hydrogens is 216 g/mol. The second-order valence-corrected chi connectivity index (χ2v) is 4.38. The van der Waals surface area contributed by atoms with Crippen LogP contribution in [0.1, 0.15) is 0 Å². The van der Waals surface area contributed by atoms with Crippen molar-refractivity contribution in [1.82, 2.24) is 14.5 Å². The monoisotopic (exact) mass is 230 g/mol. The molecule has 2 aromatic rings. The van der Waals surface area contributed by atoms with Crippen LogP contribution >= 0.6 is 0 Å². The minimum atomic E-state index is -0.0148. The highest BCUT2D eigenvalue weighted by Crippen LogP contribution is 2.27. The summed E-state index contributed by atoms with van der Waals surface area (Å²) in [5.41, 5.74) is 2.04. The molecule has 2 amide bonds. The molecule has 17 heavy (non-hydrogen) atoms. The Hall–Kier alpha value is -2.04. The smallest absolute Gasteiger partial charge is 0.326 e. The van der Waals surface area contributed by atoms with Crippen molar-refractivity contribution in [2.45, 2.75) is 6.54 Å². The lowest BCUT2D eigenvalue weighted by molar-refractivity contribution is 0.224. The van der Waals surface area contributed by atoms with Crippen LogP contribution in [0.15, 0.2) is 24.3 Å². The molecule has 1 aromatic carbocycles. The molecule has 1 aliphatic heterocycles. The number of hydrogen-bond acceptors (Lipinski definition) is 2. The van der Waals surface area contributed by atoms with E-state index in [9.17, 15) is 4.79 Å². The van der Waals surface area contributed by atoms with Gasteiger partial charge in [-0.25, -0.2) is 9.78 Å². The molecule has 5 heteroatoms. The Labute approximate surface area is 99.3 Å². The number of rotatable bonds is 0. The van der Waals surface area contributed by atoms with Gasteiger partial charge in [-0.3, -0.25) is 4.90 Å². The van der Waals surface area contributed by atoms with E-state index in [1.807, 2.05) is 24.3 Å². The number of anilines is 1. The number of para-hydroxylation sites is 2. The SMILES string of the molecule is CN(C)C(=O)N1CCn2c1nc1ccccc12. The van der Waals surface area contributed by atoms with Crippen LogP contribution in [0.3, 0.4) is 0 Å². The van der Waals surface area contributed by atoms with E-state index < -0.39 is 0 Å². The Kier molecular flexibility index (Phi) is 2.07. The maximum Gasteiger partial charge on any atom is 0.326 e. The van der Waals surface area contributed by atoms with Crippen molar-refractivity contribution in [3.8, 4) is 0 Å². The molecule has 0 bridgehead atoms. The number of imidazole rings is 1. The molecule has 5 nitrogen and oxygen atoms in total. The van der Waals surface area contributed by atoms with Gasteiger partial charge in [-0.15, -0.1) is 0 Å². The summed E-state index contributed by atoms with van der Waals surface area (Å²) in [6.45, 7) is 1.51. The molecule has 3 rings (SSSR count). The summed E-state index contributed by atoms with van der Waals surface area (Å²) in [5, 5.41) is 0. The first-order chi connectivity index (χ1) is 8.18. The second-order valence-electron chi connectivity index (χ2n) is 4.38. The van der Waals surface area contributed by atoms with E-state index in [1.165, 1.54) is 0 Å². The largest absolute Gasteiger partial charge is 0.330 e. The molecule has 2 heterocycles. The minimum absolute atomic E-state index is 0.0148. The van der Waals surface area contributed by atoms with Gasteiger partial charge in [-0.05, 0) is 12.1 Å². The van der Waals surface area contributed by atoms with Gasteiger partial charge < -0.3 is 9.47 Å². The number of urea groups is 1. The topological polar surface area (TPSA) is 41.4 Å². The Bertz CT molecular complexity index is 587. The first-order valence-electron chi connectivity index (χ1n) is 5.62. The number of nitrogens with zero attached hydrogens (tertiary/aromatic N) is 4. The maximum atomic E-state index is 12.0. The Morgan fingerprint density at radius 3 is 2.82 bits per heavy atom. The Morgan fingerprint density at radius 2 is 2.06 bits per heavy atom. The van der Waals surface area contributed by atoms with E-state index in [4.69, 9.17) is 0 Å². The summed E-state index contributed by atoms with van der Waals surface area (Å²) in [4.78, 5) is 19.8. The lowest BCUT2D eigenvalue weighted by Gasteiger charge is -2.19. The van der Waals surface area contributed by atoms with Gasteiger partial charge in [0.25, 0.3) is 0 Å². The van der Waals surface area contributed by atoms with Crippen molar-refractivity contribution in [3.05, 3.63) is 24.3 Å². The zero-order chi connectivity index (χ0) is 12.0. The second kappa shape index (κ2) is 3.48. The van der Waals surface area contributed by atoms with E-state index in [-0.39, 0.29) is 6.03 Å². The van der Waals surface area contributed by atoms with Crippen LogP contribution < -0.4 is 4.90 Å². The lowest BCUT2D eigenvalue weighted by atomic mass is 10.3. The van der Waals surface area contributed by atoms with Crippen LogP contribution in [-0.4, -0.2) is 41.1 Å². The number of carbonyl (C=O) groups is 1. The summed E-state index contributed by atoms with van der Waals surface area (Å²) in [7, 11) is 3.52. The molecule has 0 saturated heterocycles. The highest BCUT2D eigenvalue weighted by molar-refractivity contribution is 5.93. The molecule has 0 atom stereocenters. The predicted octanol–water partition coefficient (Wildman–Crippen LogP) is 1.54. The van der Waals surface area contributed by atoms with E-state index in [0.29, 0.717) is 6.54 Å².